The number of fused-ring (bicyclic) bond motifs is 1. The number of nitrogens with zero attached hydrogens (tertiary/aromatic N) is 1. The summed E-state index contributed by atoms with van der Waals surface area (Å²) in [4.78, 5) is 16.8. The lowest BCUT2D eigenvalue weighted by Crippen LogP contribution is -2.20. The summed E-state index contributed by atoms with van der Waals surface area (Å²) in [6.07, 6.45) is 0. The minimum Gasteiger partial charge on any atom is -0.493 e. The summed E-state index contributed by atoms with van der Waals surface area (Å²) in [7, 11) is 3.15. The van der Waals surface area contributed by atoms with Gasteiger partial charge >= 0.3 is 0 Å². The topological polar surface area (TPSA) is 82.8 Å². The fourth-order valence-corrected chi connectivity index (χ4v) is 3.24. The van der Waals surface area contributed by atoms with Gasteiger partial charge in [-0.2, -0.15) is 0 Å². The number of anilines is 1. The zero-order valence-electron chi connectivity index (χ0n) is 16.8. The third-order valence-corrected chi connectivity index (χ3v) is 5.01. The maximum atomic E-state index is 12.2. The number of aromatic nitrogens is 1. The van der Waals surface area contributed by atoms with Crippen LogP contribution in [-0.2, 0) is 4.79 Å². The van der Waals surface area contributed by atoms with E-state index in [1.165, 1.54) is 0 Å². The molecule has 0 unspecified atom stereocenters. The Morgan fingerprint density at radius 2 is 1.77 bits per heavy atom. The molecule has 0 aliphatic carbocycles. The van der Waals surface area contributed by atoms with Gasteiger partial charge < -0.3 is 23.9 Å². The summed E-state index contributed by atoms with van der Waals surface area (Å²) in [5, 5.41) is 2.81. The number of nitrogens with one attached hydrogen (secondary N) is 1. The molecule has 1 amide bonds. The number of halogens is 1. The van der Waals surface area contributed by atoms with Crippen molar-refractivity contribution in [3.05, 3.63) is 65.1 Å². The number of rotatable bonds is 7. The van der Waals surface area contributed by atoms with Gasteiger partial charge in [0.2, 0.25) is 5.89 Å². The van der Waals surface area contributed by atoms with E-state index < -0.39 is 0 Å². The molecule has 0 radical (unpaired) electrons. The fraction of sp³-hybridized carbons (Fsp3) is 0.130. The zero-order valence-corrected chi connectivity index (χ0v) is 18.4. The van der Waals surface area contributed by atoms with Crippen molar-refractivity contribution in [3.63, 3.8) is 0 Å². The van der Waals surface area contributed by atoms with E-state index in [1.54, 1.807) is 56.7 Å². The number of carbonyl (C=O) groups excluding carboxylic acids is 1. The van der Waals surface area contributed by atoms with Crippen molar-refractivity contribution in [2.24, 2.45) is 0 Å². The summed E-state index contributed by atoms with van der Waals surface area (Å²) < 4.78 is 22.9. The lowest BCUT2D eigenvalue weighted by atomic mass is 10.2. The lowest BCUT2D eigenvalue weighted by Gasteiger charge is -2.07. The van der Waals surface area contributed by atoms with E-state index in [2.05, 4.69) is 26.2 Å². The molecule has 3 aromatic carbocycles. The molecule has 0 aliphatic heterocycles. The average Bonchev–Trinajstić information content (AvgIpc) is 3.21. The van der Waals surface area contributed by atoms with Gasteiger partial charge in [-0.1, -0.05) is 15.9 Å². The van der Waals surface area contributed by atoms with Crippen molar-refractivity contribution >= 4 is 38.6 Å². The second-order valence-electron chi connectivity index (χ2n) is 6.56. The molecule has 0 spiro atoms. The van der Waals surface area contributed by atoms with Gasteiger partial charge in [-0.25, -0.2) is 4.98 Å². The zero-order chi connectivity index (χ0) is 21.8. The minimum absolute atomic E-state index is 0.102. The number of carbonyl (C=O) groups is 1. The highest BCUT2D eigenvalue weighted by atomic mass is 79.9. The Bertz CT molecular complexity index is 1220. The predicted molar refractivity (Wildman–Crippen MR) is 121 cm³/mol. The van der Waals surface area contributed by atoms with Crippen LogP contribution >= 0.6 is 15.9 Å². The van der Waals surface area contributed by atoms with E-state index >= 15 is 0 Å². The van der Waals surface area contributed by atoms with Crippen LogP contribution in [0.4, 0.5) is 5.69 Å². The Hall–Kier alpha value is -3.52. The van der Waals surface area contributed by atoms with E-state index in [-0.39, 0.29) is 12.5 Å². The second-order valence-corrected chi connectivity index (χ2v) is 7.48. The molecule has 31 heavy (non-hydrogen) atoms. The largest absolute Gasteiger partial charge is 0.493 e. The minimum atomic E-state index is -0.272. The molecule has 4 rings (SSSR count). The Kier molecular flexibility index (Phi) is 6.08. The summed E-state index contributed by atoms with van der Waals surface area (Å²) in [6.45, 7) is -0.102. The van der Waals surface area contributed by atoms with Crippen molar-refractivity contribution in [3.8, 4) is 28.7 Å². The maximum absolute atomic E-state index is 12.2. The van der Waals surface area contributed by atoms with Gasteiger partial charge in [0.05, 0.1) is 14.2 Å². The van der Waals surface area contributed by atoms with Gasteiger partial charge in [0, 0.05) is 15.7 Å². The molecular formula is C23H19BrN2O5. The molecule has 0 saturated carbocycles. The predicted octanol–water partition coefficient (Wildman–Crippen LogP) is 5.29. The van der Waals surface area contributed by atoms with Crippen molar-refractivity contribution in [1.29, 1.82) is 0 Å². The van der Waals surface area contributed by atoms with Gasteiger partial charge in [0.15, 0.2) is 23.7 Å². The number of hydrogen-bond acceptors (Lipinski definition) is 6. The molecule has 0 saturated heterocycles. The highest BCUT2D eigenvalue weighted by molar-refractivity contribution is 9.10. The standard InChI is InChI=1S/C23H19BrN2O5/c1-28-20-9-3-14(11-21(20)29-2)23-26-18-12-16(6-10-19(18)31-23)25-22(27)13-30-17-7-4-15(24)5-8-17/h3-12H,13H2,1-2H3,(H,25,27). The van der Waals surface area contributed by atoms with E-state index in [9.17, 15) is 4.79 Å². The van der Waals surface area contributed by atoms with Crippen LogP contribution in [-0.4, -0.2) is 31.7 Å². The van der Waals surface area contributed by atoms with Crippen LogP contribution in [0, 0.1) is 0 Å². The summed E-state index contributed by atoms with van der Waals surface area (Å²) in [5.74, 6) is 1.99. The second kappa shape index (κ2) is 9.09. The third-order valence-electron chi connectivity index (χ3n) is 4.49. The molecule has 8 heteroatoms. The Balaban J connectivity index is 1.47. The Morgan fingerprint density at radius 1 is 1.00 bits per heavy atom. The Morgan fingerprint density at radius 3 is 2.52 bits per heavy atom. The first-order chi connectivity index (χ1) is 15.1. The highest BCUT2D eigenvalue weighted by Gasteiger charge is 2.13. The van der Waals surface area contributed by atoms with Crippen LogP contribution in [0.5, 0.6) is 17.2 Å². The quantitative estimate of drug-likeness (QED) is 0.385. The molecule has 4 aromatic rings. The fourth-order valence-electron chi connectivity index (χ4n) is 2.97. The van der Waals surface area contributed by atoms with E-state index in [1.807, 2.05) is 18.2 Å². The van der Waals surface area contributed by atoms with E-state index in [0.29, 0.717) is 39.9 Å². The monoisotopic (exact) mass is 482 g/mol. The van der Waals surface area contributed by atoms with Gasteiger partial charge in [-0.05, 0) is 60.7 Å². The highest BCUT2D eigenvalue weighted by Crippen LogP contribution is 2.33. The Labute approximate surface area is 187 Å². The molecule has 1 heterocycles. The van der Waals surface area contributed by atoms with Crippen LogP contribution in [0.3, 0.4) is 0 Å². The molecule has 158 valence electrons. The van der Waals surface area contributed by atoms with E-state index in [0.717, 1.165) is 10.0 Å². The number of oxazole rings is 1. The smallest absolute Gasteiger partial charge is 0.262 e. The molecule has 7 nitrogen and oxygen atoms in total. The van der Waals surface area contributed by atoms with Crippen molar-refractivity contribution in [2.75, 3.05) is 26.1 Å². The van der Waals surface area contributed by atoms with Crippen LogP contribution in [0.2, 0.25) is 0 Å². The molecule has 1 N–H and O–H groups in total. The lowest BCUT2D eigenvalue weighted by molar-refractivity contribution is -0.118. The number of benzene rings is 3. The molecule has 0 bridgehead atoms. The summed E-state index contributed by atoms with van der Waals surface area (Å²) >= 11 is 3.36. The number of hydrogen-bond donors (Lipinski definition) is 1. The maximum Gasteiger partial charge on any atom is 0.262 e. The number of ether oxygens (including phenoxy) is 3. The molecule has 0 fully saturated rings. The van der Waals surface area contributed by atoms with Gasteiger partial charge in [-0.3, -0.25) is 4.79 Å². The molecule has 0 atom stereocenters. The van der Waals surface area contributed by atoms with Crippen LogP contribution in [0.15, 0.2) is 69.6 Å². The normalized spacial score (nSPS) is 10.7. The number of amides is 1. The van der Waals surface area contributed by atoms with Gasteiger partial charge in [-0.15, -0.1) is 0 Å². The first-order valence-corrected chi connectivity index (χ1v) is 10.2. The number of methoxy groups -OCH3 is 2. The summed E-state index contributed by atoms with van der Waals surface area (Å²) in [6, 6.07) is 18.0. The van der Waals surface area contributed by atoms with Gasteiger partial charge in [0.25, 0.3) is 5.91 Å². The summed E-state index contributed by atoms with van der Waals surface area (Å²) in [5.41, 5.74) is 2.58. The van der Waals surface area contributed by atoms with Gasteiger partial charge in [0.1, 0.15) is 11.3 Å². The van der Waals surface area contributed by atoms with Crippen LogP contribution in [0.1, 0.15) is 0 Å². The SMILES string of the molecule is COc1ccc(-c2nc3cc(NC(=O)COc4ccc(Br)cc4)ccc3o2)cc1OC. The average molecular weight is 483 g/mol. The first kappa shape index (κ1) is 20.7. The van der Waals surface area contributed by atoms with Crippen LogP contribution in [0.25, 0.3) is 22.6 Å². The first-order valence-electron chi connectivity index (χ1n) is 9.37. The third kappa shape index (κ3) is 4.80. The van der Waals surface area contributed by atoms with E-state index in [4.69, 9.17) is 18.6 Å². The van der Waals surface area contributed by atoms with Crippen molar-refractivity contribution < 1.29 is 23.4 Å². The van der Waals surface area contributed by atoms with Crippen molar-refractivity contribution in [1.82, 2.24) is 4.98 Å². The molecular weight excluding hydrogens is 464 g/mol. The van der Waals surface area contributed by atoms with Crippen molar-refractivity contribution in [2.45, 2.75) is 0 Å². The molecule has 0 aliphatic rings. The van der Waals surface area contributed by atoms with Crippen LogP contribution < -0.4 is 19.5 Å². The molecule has 1 aromatic heterocycles.